The van der Waals surface area contributed by atoms with Gasteiger partial charge in [-0.15, -0.1) is 0 Å². The number of carbonyl (C=O) groups excluding carboxylic acids is 1. The molecule has 1 atom stereocenters. The van der Waals surface area contributed by atoms with Crippen LogP contribution in [0.3, 0.4) is 0 Å². The summed E-state index contributed by atoms with van der Waals surface area (Å²) >= 11 is 0. The van der Waals surface area contributed by atoms with E-state index in [0.717, 1.165) is 24.5 Å². The van der Waals surface area contributed by atoms with Crippen molar-refractivity contribution in [3.63, 3.8) is 0 Å². The second-order valence-corrected chi connectivity index (χ2v) is 5.68. The third-order valence-electron chi connectivity index (χ3n) is 3.59. The van der Waals surface area contributed by atoms with Crippen LogP contribution in [0.25, 0.3) is 0 Å². The van der Waals surface area contributed by atoms with Crippen molar-refractivity contribution in [3.8, 4) is 0 Å². The molecule has 110 valence electrons. The van der Waals surface area contributed by atoms with Crippen molar-refractivity contribution < 1.29 is 4.79 Å². The van der Waals surface area contributed by atoms with Gasteiger partial charge in [0.25, 0.3) is 0 Å². The highest BCUT2D eigenvalue weighted by Crippen LogP contribution is 2.21. The van der Waals surface area contributed by atoms with Gasteiger partial charge >= 0.3 is 0 Å². The van der Waals surface area contributed by atoms with Crippen molar-refractivity contribution in [2.24, 2.45) is 0 Å². The number of nitrogens with one attached hydrogen (secondary N) is 2. The number of rotatable bonds is 4. The molecular weight excluding hydrogens is 252 g/mol. The van der Waals surface area contributed by atoms with Crippen LogP contribution in [-0.4, -0.2) is 36.1 Å². The fourth-order valence-corrected chi connectivity index (χ4v) is 2.42. The zero-order chi connectivity index (χ0) is 14.7. The smallest absolute Gasteiger partial charge is 0.242 e. The Bertz CT molecular complexity index is 487. The van der Waals surface area contributed by atoms with Crippen molar-refractivity contribution in [2.75, 3.05) is 18.0 Å². The quantitative estimate of drug-likeness (QED) is 0.868. The largest absolute Gasteiger partial charge is 0.353 e. The molecule has 1 aromatic rings. The van der Waals surface area contributed by atoms with Gasteiger partial charge in [0.1, 0.15) is 11.9 Å². The lowest BCUT2D eigenvalue weighted by Gasteiger charge is -2.34. The molecule has 1 fully saturated rings. The van der Waals surface area contributed by atoms with E-state index in [1.807, 2.05) is 13.1 Å². The summed E-state index contributed by atoms with van der Waals surface area (Å²) < 4.78 is 0. The van der Waals surface area contributed by atoms with Gasteiger partial charge in [0.05, 0.1) is 0 Å². The van der Waals surface area contributed by atoms with Crippen molar-refractivity contribution in [3.05, 3.63) is 23.4 Å². The van der Waals surface area contributed by atoms with Gasteiger partial charge < -0.3 is 15.5 Å². The molecule has 2 heterocycles. The minimum absolute atomic E-state index is 0.0722. The molecule has 2 rings (SSSR count). The monoisotopic (exact) mass is 276 g/mol. The van der Waals surface area contributed by atoms with E-state index >= 15 is 0 Å². The number of amides is 1. The fourth-order valence-electron chi connectivity index (χ4n) is 2.42. The highest BCUT2D eigenvalue weighted by atomic mass is 16.2. The van der Waals surface area contributed by atoms with Gasteiger partial charge in [-0.05, 0) is 31.0 Å². The summed E-state index contributed by atoms with van der Waals surface area (Å²) in [7, 11) is 0. The minimum Gasteiger partial charge on any atom is -0.353 e. The van der Waals surface area contributed by atoms with Crippen LogP contribution in [0.5, 0.6) is 0 Å². The number of piperazine rings is 1. The number of pyridine rings is 1. The number of anilines is 1. The summed E-state index contributed by atoms with van der Waals surface area (Å²) in [6.45, 7) is 10.5. The van der Waals surface area contributed by atoms with Crippen molar-refractivity contribution >= 4 is 11.7 Å². The Labute approximate surface area is 120 Å². The number of hydrogen-bond donors (Lipinski definition) is 2. The zero-order valence-corrected chi connectivity index (χ0v) is 12.7. The first-order valence-corrected chi connectivity index (χ1v) is 7.22. The molecule has 1 aliphatic rings. The molecule has 20 heavy (non-hydrogen) atoms. The third kappa shape index (κ3) is 3.28. The standard InChI is InChI=1S/C15H24N4O/c1-10(2)17-8-13-7-11(3)14(18-9-13)19-6-5-16-15(20)12(19)4/h7,9-10,12,17H,5-6,8H2,1-4H3,(H,16,20). The third-order valence-corrected chi connectivity index (χ3v) is 3.59. The topological polar surface area (TPSA) is 57.3 Å². The number of aromatic nitrogens is 1. The molecular formula is C15H24N4O. The average Bonchev–Trinajstić information content (AvgIpc) is 2.40. The summed E-state index contributed by atoms with van der Waals surface area (Å²) in [6, 6.07) is 2.45. The molecule has 0 spiro atoms. The number of hydrogen-bond acceptors (Lipinski definition) is 4. The van der Waals surface area contributed by atoms with Gasteiger partial charge in [-0.2, -0.15) is 0 Å². The number of nitrogens with zero attached hydrogens (tertiary/aromatic N) is 2. The van der Waals surface area contributed by atoms with Crippen LogP contribution in [0.4, 0.5) is 5.82 Å². The van der Waals surface area contributed by atoms with Crippen LogP contribution in [0.2, 0.25) is 0 Å². The first-order chi connectivity index (χ1) is 9.49. The second kappa shape index (κ2) is 6.22. The van der Waals surface area contributed by atoms with E-state index in [1.54, 1.807) is 0 Å². The Hall–Kier alpha value is -1.62. The Morgan fingerprint density at radius 3 is 2.95 bits per heavy atom. The summed E-state index contributed by atoms with van der Waals surface area (Å²) in [4.78, 5) is 18.4. The van der Waals surface area contributed by atoms with Crippen molar-refractivity contribution in [1.29, 1.82) is 0 Å². The predicted octanol–water partition coefficient (Wildman–Crippen LogP) is 1.21. The Kier molecular flexibility index (Phi) is 4.60. The average molecular weight is 276 g/mol. The van der Waals surface area contributed by atoms with E-state index in [0.29, 0.717) is 12.6 Å². The van der Waals surface area contributed by atoms with Crippen LogP contribution in [-0.2, 0) is 11.3 Å². The normalized spacial score (nSPS) is 19.4. The van der Waals surface area contributed by atoms with Crippen LogP contribution < -0.4 is 15.5 Å². The Morgan fingerprint density at radius 1 is 1.55 bits per heavy atom. The molecule has 0 bridgehead atoms. The molecule has 5 heteroatoms. The number of carbonyl (C=O) groups is 1. The molecule has 0 radical (unpaired) electrons. The lowest BCUT2D eigenvalue weighted by atomic mass is 10.1. The molecule has 1 unspecified atom stereocenters. The molecule has 1 amide bonds. The molecule has 0 saturated carbocycles. The molecule has 0 aliphatic carbocycles. The highest BCUT2D eigenvalue weighted by Gasteiger charge is 2.27. The lowest BCUT2D eigenvalue weighted by Crippen LogP contribution is -2.54. The Morgan fingerprint density at radius 2 is 2.30 bits per heavy atom. The molecule has 0 aromatic carbocycles. The van der Waals surface area contributed by atoms with E-state index in [9.17, 15) is 4.79 Å². The number of aryl methyl sites for hydroxylation is 1. The molecule has 2 N–H and O–H groups in total. The SMILES string of the molecule is Cc1cc(CNC(C)C)cnc1N1CCNC(=O)C1C. The zero-order valence-electron chi connectivity index (χ0n) is 12.7. The van der Waals surface area contributed by atoms with Crippen molar-refractivity contribution in [2.45, 2.75) is 46.3 Å². The van der Waals surface area contributed by atoms with Gasteiger partial charge in [-0.1, -0.05) is 13.8 Å². The predicted molar refractivity (Wildman–Crippen MR) is 80.8 cm³/mol. The van der Waals surface area contributed by atoms with Crippen LogP contribution in [0.1, 0.15) is 31.9 Å². The van der Waals surface area contributed by atoms with Gasteiger partial charge in [0.2, 0.25) is 5.91 Å². The summed E-state index contributed by atoms with van der Waals surface area (Å²) in [5, 5.41) is 6.26. The highest BCUT2D eigenvalue weighted by molar-refractivity contribution is 5.86. The molecule has 1 aromatic heterocycles. The first-order valence-electron chi connectivity index (χ1n) is 7.22. The van der Waals surface area contributed by atoms with Gasteiger partial charge in [-0.3, -0.25) is 4.79 Å². The maximum absolute atomic E-state index is 11.7. The van der Waals surface area contributed by atoms with Crippen molar-refractivity contribution in [1.82, 2.24) is 15.6 Å². The molecule has 5 nitrogen and oxygen atoms in total. The van der Waals surface area contributed by atoms with Gasteiger partial charge in [0.15, 0.2) is 0 Å². The van der Waals surface area contributed by atoms with Gasteiger partial charge in [0, 0.05) is 31.9 Å². The van der Waals surface area contributed by atoms with Gasteiger partial charge in [-0.25, -0.2) is 4.98 Å². The molecule has 1 saturated heterocycles. The Balaban J connectivity index is 2.14. The van der Waals surface area contributed by atoms with E-state index in [1.165, 1.54) is 5.56 Å². The molecule has 1 aliphatic heterocycles. The lowest BCUT2D eigenvalue weighted by molar-refractivity contribution is -0.122. The summed E-state index contributed by atoms with van der Waals surface area (Å²) in [6.07, 6.45) is 1.90. The van der Waals surface area contributed by atoms with Crippen LogP contribution >= 0.6 is 0 Å². The minimum atomic E-state index is -0.158. The van der Waals surface area contributed by atoms with E-state index in [4.69, 9.17) is 0 Å². The van der Waals surface area contributed by atoms with E-state index < -0.39 is 0 Å². The summed E-state index contributed by atoms with van der Waals surface area (Å²) in [5.41, 5.74) is 2.30. The second-order valence-electron chi connectivity index (χ2n) is 5.68. The maximum Gasteiger partial charge on any atom is 0.242 e. The summed E-state index contributed by atoms with van der Waals surface area (Å²) in [5.74, 6) is 0.989. The first kappa shape index (κ1) is 14.8. The van der Waals surface area contributed by atoms with Crippen LogP contribution in [0, 0.1) is 6.92 Å². The van der Waals surface area contributed by atoms with E-state index in [-0.39, 0.29) is 11.9 Å². The van der Waals surface area contributed by atoms with Crippen LogP contribution in [0.15, 0.2) is 12.3 Å². The maximum atomic E-state index is 11.7. The van der Waals surface area contributed by atoms with E-state index in [2.05, 4.69) is 47.4 Å². The fraction of sp³-hybridized carbons (Fsp3) is 0.600.